The van der Waals surface area contributed by atoms with Crippen LogP contribution in [-0.4, -0.2) is 6.85 Å². The molecule has 0 bridgehead atoms. The number of rotatable bonds is 2. The fraction of sp³-hybridized carbons (Fsp3) is 0.263. The van der Waals surface area contributed by atoms with Gasteiger partial charge in [-0.2, -0.15) is 0 Å². The molecule has 0 fully saturated rings. The van der Waals surface area contributed by atoms with E-state index in [0.29, 0.717) is 0 Å². The van der Waals surface area contributed by atoms with E-state index in [9.17, 15) is 0 Å². The van der Waals surface area contributed by atoms with E-state index in [1.807, 2.05) is 0 Å². The third-order valence-corrected chi connectivity index (χ3v) is 14.1. The van der Waals surface area contributed by atoms with Gasteiger partial charge in [-0.3, -0.25) is 0 Å². The zero-order valence-corrected chi connectivity index (χ0v) is 37.6. The summed E-state index contributed by atoms with van der Waals surface area (Å²) in [5.74, 6) is 0. The Kier molecular flexibility index (Phi) is 7.80. The Morgan fingerprint density at radius 1 is 0.492 bits per heavy atom. The summed E-state index contributed by atoms with van der Waals surface area (Å²) in [5.41, 5.74) is 22.3. The summed E-state index contributed by atoms with van der Waals surface area (Å²) in [6, 6.07) is 51.0. The van der Waals surface area contributed by atoms with Crippen molar-refractivity contribution in [3.05, 3.63) is 161 Å². The number of nitrogens with zero attached hydrogens (tertiary/aromatic N) is 2. The molecule has 3 nitrogen and oxygen atoms in total. The Balaban J connectivity index is 1.32. The Hall–Kier alpha value is -6.00. The quantitative estimate of drug-likeness (QED) is 0.163. The van der Waals surface area contributed by atoms with Crippen LogP contribution in [0.15, 0.2) is 138 Å². The maximum Gasteiger partial charge on any atom is 0.333 e. The first-order valence-electron chi connectivity index (χ1n) is 22.1. The molecule has 4 heteroatoms. The average molecular weight is 795 g/mol. The average Bonchev–Trinajstić information content (AvgIpc) is 3.69. The summed E-state index contributed by atoms with van der Waals surface area (Å²) in [4.78, 5) is 5.22. The fourth-order valence-electron chi connectivity index (χ4n) is 10.8. The van der Waals surface area contributed by atoms with Crippen LogP contribution in [-0.2, 0) is 21.7 Å². The minimum absolute atomic E-state index is 0.0295. The maximum absolute atomic E-state index is 6.75. The third kappa shape index (κ3) is 5.50. The van der Waals surface area contributed by atoms with Gasteiger partial charge in [-0.05, 0) is 120 Å². The first-order valence-corrected chi connectivity index (χ1v) is 22.1. The molecule has 2 aliphatic heterocycles. The van der Waals surface area contributed by atoms with Gasteiger partial charge in [0.25, 0.3) is 0 Å². The molecule has 0 saturated heterocycles. The Bertz CT molecular complexity index is 3110. The van der Waals surface area contributed by atoms with Crippen LogP contribution < -0.4 is 20.6 Å². The van der Waals surface area contributed by atoms with Crippen molar-refractivity contribution in [3.8, 4) is 22.3 Å². The van der Waals surface area contributed by atoms with E-state index in [1.54, 1.807) is 0 Å². The van der Waals surface area contributed by atoms with Gasteiger partial charge in [0.05, 0.1) is 0 Å². The molecule has 0 unspecified atom stereocenters. The smallest absolute Gasteiger partial charge is 0.333 e. The van der Waals surface area contributed by atoms with Gasteiger partial charge < -0.3 is 14.1 Å². The monoisotopic (exact) mass is 794 g/mol. The lowest BCUT2D eigenvalue weighted by Crippen LogP contribution is -2.62. The fourth-order valence-corrected chi connectivity index (χ4v) is 10.8. The molecule has 3 heterocycles. The minimum atomic E-state index is -0.241. The van der Waals surface area contributed by atoms with E-state index in [0.717, 1.165) is 21.9 Å². The molecule has 7 aromatic carbocycles. The second-order valence-corrected chi connectivity index (χ2v) is 21.5. The van der Waals surface area contributed by atoms with Crippen LogP contribution in [0.5, 0.6) is 0 Å². The Labute approximate surface area is 362 Å². The van der Waals surface area contributed by atoms with E-state index in [1.165, 1.54) is 89.4 Å². The zero-order valence-electron chi connectivity index (χ0n) is 37.6. The Morgan fingerprint density at radius 2 is 1.10 bits per heavy atom. The molecule has 0 atom stereocenters. The number of furan rings is 1. The van der Waals surface area contributed by atoms with Crippen LogP contribution in [0.25, 0.3) is 44.2 Å². The lowest BCUT2D eigenvalue weighted by atomic mass is 9.42. The van der Waals surface area contributed by atoms with Crippen molar-refractivity contribution in [1.82, 2.24) is 0 Å². The van der Waals surface area contributed by atoms with Gasteiger partial charge in [0.1, 0.15) is 11.2 Å². The topological polar surface area (TPSA) is 19.6 Å². The molecule has 0 amide bonds. The van der Waals surface area contributed by atoms with Crippen molar-refractivity contribution < 1.29 is 4.42 Å². The molecule has 61 heavy (non-hydrogen) atoms. The van der Waals surface area contributed by atoms with Gasteiger partial charge in [0.2, 0.25) is 0 Å². The van der Waals surface area contributed by atoms with E-state index in [-0.39, 0.29) is 28.5 Å². The zero-order chi connectivity index (χ0) is 42.5. The summed E-state index contributed by atoms with van der Waals surface area (Å²) in [7, 11) is 0. The van der Waals surface area contributed by atoms with Gasteiger partial charge in [0.15, 0.2) is 0 Å². The number of hydrogen-bond donors (Lipinski definition) is 0. The van der Waals surface area contributed by atoms with Gasteiger partial charge in [-0.25, -0.2) is 0 Å². The lowest BCUT2D eigenvalue weighted by Gasteiger charge is -2.47. The van der Waals surface area contributed by atoms with E-state index in [2.05, 4.69) is 219 Å². The molecule has 3 aliphatic rings. The number of benzene rings is 7. The second kappa shape index (κ2) is 12.5. The predicted octanol–water partition coefficient (Wildman–Crippen LogP) is 14.5. The van der Waals surface area contributed by atoms with Gasteiger partial charge >= 0.3 is 6.85 Å². The van der Waals surface area contributed by atoms with E-state index in [4.69, 9.17) is 4.42 Å². The van der Waals surface area contributed by atoms with Crippen molar-refractivity contribution in [2.24, 2.45) is 0 Å². The molecule has 8 aromatic rings. The van der Waals surface area contributed by atoms with E-state index < -0.39 is 0 Å². The maximum atomic E-state index is 6.75. The van der Waals surface area contributed by atoms with Crippen molar-refractivity contribution in [2.75, 3.05) is 9.71 Å². The van der Waals surface area contributed by atoms with Crippen molar-refractivity contribution in [2.45, 2.75) is 97.8 Å². The molecule has 0 saturated carbocycles. The number of anilines is 5. The highest BCUT2D eigenvalue weighted by Gasteiger charge is 2.50. The first kappa shape index (κ1) is 38.0. The standard InChI is InChI=1S/C57H55BN2O/c1-54(2,3)34-20-25-37(26-21-34)59-46-29-24-36(56(7,8)9)30-45(46)58-53-48(59)32-42-39-16-12-14-18-44(39)57(10,11)52(42)51(53)43-31-41-40-17-13-15-19-49(40)61-50(41)33-47(43)60(58)38-27-22-35(23-28-38)55(4,5)6/h12-33H,1-11H3. The molecule has 1 aromatic heterocycles. The molecule has 0 spiro atoms. The minimum Gasteiger partial charge on any atom is -0.456 e. The SMILES string of the molecule is CC(C)(C)c1ccc(N2B3c4cc(C(C)(C)C)ccc4N(c4ccc(C(C)(C)C)cc4)c4cc5c(c(c43)-c3cc4c(cc32)oc2ccccc24)C(C)(C)c2ccccc2-5)cc1. The molecule has 0 radical (unpaired) electrons. The van der Waals surface area contributed by atoms with Gasteiger partial charge in [-0.15, -0.1) is 0 Å². The molecule has 302 valence electrons. The molecular weight excluding hydrogens is 739 g/mol. The van der Waals surface area contributed by atoms with Crippen LogP contribution >= 0.6 is 0 Å². The number of hydrogen-bond acceptors (Lipinski definition) is 3. The predicted molar refractivity (Wildman–Crippen MR) is 261 cm³/mol. The highest BCUT2D eigenvalue weighted by molar-refractivity contribution is 6.93. The first-order chi connectivity index (χ1) is 28.9. The summed E-state index contributed by atoms with van der Waals surface area (Å²) in [6.07, 6.45) is 0. The van der Waals surface area contributed by atoms with Gasteiger partial charge in [0, 0.05) is 56.3 Å². The van der Waals surface area contributed by atoms with Crippen LogP contribution in [0.4, 0.5) is 28.4 Å². The normalized spacial score (nSPS) is 15.2. The van der Waals surface area contributed by atoms with Crippen LogP contribution in [0, 0.1) is 0 Å². The summed E-state index contributed by atoms with van der Waals surface area (Å²) in [6.45, 7) is 25.6. The summed E-state index contributed by atoms with van der Waals surface area (Å²) >= 11 is 0. The second-order valence-electron chi connectivity index (χ2n) is 21.5. The summed E-state index contributed by atoms with van der Waals surface area (Å²) < 4.78 is 6.75. The number of para-hydroxylation sites is 1. The largest absolute Gasteiger partial charge is 0.456 e. The van der Waals surface area contributed by atoms with Crippen molar-refractivity contribution >= 4 is 68.1 Å². The lowest BCUT2D eigenvalue weighted by molar-refractivity contribution is 0.590. The molecular formula is C57H55BN2O. The number of fused-ring (bicyclic) bond motifs is 11. The van der Waals surface area contributed by atoms with Crippen LogP contribution in [0.1, 0.15) is 104 Å². The van der Waals surface area contributed by atoms with Crippen LogP contribution in [0.2, 0.25) is 0 Å². The molecule has 11 rings (SSSR count). The summed E-state index contributed by atoms with van der Waals surface area (Å²) in [5, 5.41) is 2.30. The Morgan fingerprint density at radius 3 is 1.77 bits per heavy atom. The highest BCUT2D eigenvalue weighted by Crippen LogP contribution is 2.58. The third-order valence-electron chi connectivity index (χ3n) is 14.1. The van der Waals surface area contributed by atoms with Crippen LogP contribution in [0.3, 0.4) is 0 Å². The molecule has 0 N–H and O–H groups in total. The molecule has 1 aliphatic carbocycles. The highest BCUT2D eigenvalue weighted by atomic mass is 16.3. The van der Waals surface area contributed by atoms with E-state index >= 15 is 0 Å². The van der Waals surface area contributed by atoms with Crippen molar-refractivity contribution in [1.29, 1.82) is 0 Å². The van der Waals surface area contributed by atoms with Crippen molar-refractivity contribution in [3.63, 3.8) is 0 Å². The van der Waals surface area contributed by atoms with Gasteiger partial charge in [-0.1, -0.05) is 155 Å².